The number of hydrogen-bond acceptors (Lipinski definition) is 3. The van der Waals surface area contributed by atoms with Crippen molar-refractivity contribution in [3.05, 3.63) is 89.2 Å². The summed E-state index contributed by atoms with van der Waals surface area (Å²) in [6.45, 7) is 6.71. The third kappa shape index (κ3) is 4.49. The summed E-state index contributed by atoms with van der Waals surface area (Å²) in [6, 6.07) is 21.2. The van der Waals surface area contributed by atoms with E-state index >= 15 is 0 Å². The molecule has 6 heteroatoms. The lowest BCUT2D eigenvalue weighted by atomic mass is 10.1. The van der Waals surface area contributed by atoms with Gasteiger partial charge >= 0.3 is 0 Å². The largest absolute Gasteiger partial charge is 0.328 e. The number of nitrogens with one attached hydrogen (secondary N) is 1. The predicted octanol–water partition coefficient (Wildman–Crippen LogP) is 5.26. The first-order valence-corrected chi connectivity index (χ1v) is 12.0. The average molecular weight is 434 g/mol. The zero-order chi connectivity index (χ0) is 22.0. The minimum absolute atomic E-state index is 0.315. The Morgan fingerprint density at radius 3 is 2.42 bits per heavy atom. The van der Waals surface area contributed by atoms with E-state index in [0.29, 0.717) is 10.6 Å². The summed E-state index contributed by atoms with van der Waals surface area (Å²) < 4.78 is 30.6. The fourth-order valence-electron chi connectivity index (χ4n) is 3.87. The first-order valence-electron chi connectivity index (χ1n) is 10.5. The molecule has 5 nitrogen and oxygen atoms in total. The molecular formula is C25H27N3O2S. The van der Waals surface area contributed by atoms with Crippen molar-refractivity contribution in [3.8, 4) is 0 Å². The Hall–Kier alpha value is -3.12. The van der Waals surface area contributed by atoms with Crippen molar-refractivity contribution in [3.63, 3.8) is 0 Å². The molecular weight excluding hydrogens is 406 g/mol. The Labute approximate surface area is 183 Å². The van der Waals surface area contributed by atoms with Gasteiger partial charge in [-0.2, -0.15) is 0 Å². The van der Waals surface area contributed by atoms with E-state index in [2.05, 4.69) is 22.3 Å². The molecule has 0 aliphatic rings. The highest BCUT2D eigenvalue weighted by Gasteiger charge is 2.17. The molecule has 0 radical (unpaired) electrons. The van der Waals surface area contributed by atoms with E-state index in [9.17, 15) is 8.42 Å². The van der Waals surface area contributed by atoms with E-state index in [4.69, 9.17) is 4.98 Å². The van der Waals surface area contributed by atoms with Crippen LogP contribution in [0.25, 0.3) is 11.0 Å². The predicted molar refractivity (Wildman–Crippen MR) is 126 cm³/mol. The monoisotopic (exact) mass is 433 g/mol. The van der Waals surface area contributed by atoms with E-state index in [1.165, 1.54) is 0 Å². The Morgan fingerprint density at radius 2 is 1.68 bits per heavy atom. The number of sulfonamides is 1. The quantitative estimate of drug-likeness (QED) is 0.432. The third-order valence-corrected chi connectivity index (χ3v) is 7.05. The molecule has 0 atom stereocenters. The van der Waals surface area contributed by atoms with E-state index in [1.807, 2.05) is 61.5 Å². The van der Waals surface area contributed by atoms with Crippen LogP contribution in [-0.2, 0) is 29.4 Å². The van der Waals surface area contributed by atoms with Crippen molar-refractivity contribution in [1.29, 1.82) is 0 Å². The van der Waals surface area contributed by atoms with Crippen LogP contribution in [0.3, 0.4) is 0 Å². The molecule has 4 aromatic rings. The van der Waals surface area contributed by atoms with Gasteiger partial charge in [0.05, 0.1) is 15.9 Å². The van der Waals surface area contributed by atoms with Crippen LogP contribution < -0.4 is 4.72 Å². The van der Waals surface area contributed by atoms with Gasteiger partial charge in [-0.05, 0) is 74.2 Å². The Bertz CT molecular complexity index is 1320. The maximum Gasteiger partial charge on any atom is 0.262 e. The van der Waals surface area contributed by atoms with Crippen LogP contribution in [0.2, 0.25) is 0 Å². The highest BCUT2D eigenvalue weighted by atomic mass is 32.2. The Balaban J connectivity index is 1.47. The molecule has 0 saturated carbocycles. The molecule has 3 aromatic carbocycles. The van der Waals surface area contributed by atoms with Gasteiger partial charge in [-0.15, -0.1) is 0 Å². The van der Waals surface area contributed by atoms with Crippen LogP contribution >= 0.6 is 0 Å². The van der Waals surface area contributed by atoms with E-state index in [0.717, 1.165) is 52.9 Å². The maximum absolute atomic E-state index is 12.8. The number of benzene rings is 3. The Morgan fingerprint density at radius 1 is 0.935 bits per heavy atom. The molecule has 0 bridgehead atoms. The molecule has 1 heterocycles. The van der Waals surface area contributed by atoms with Gasteiger partial charge in [0.15, 0.2) is 0 Å². The lowest BCUT2D eigenvalue weighted by Gasteiger charge is -2.12. The van der Waals surface area contributed by atoms with Crippen molar-refractivity contribution in [2.45, 2.75) is 45.1 Å². The number of rotatable bonds is 7. The molecule has 0 fully saturated rings. The molecule has 31 heavy (non-hydrogen) atoms. The highest BCUT2D eigenvalue weighted by molar-refractivity contribution is 7.92. The minimum atomic E-state index is -3.62. The molecule has 0 spiro atoms. The van der Waals surface area contributed by atoms with Gasteiger partial charge in [-0.3, -0.25) is 4.72 Å². The van der Waals surface area contributed by atoms with Crippen molar-refractivity contribution < 1.29 is 8.42 Å². The number of fused-ring (bicyclic) bond motifs is 1. The second kappa shape index (κ2) is 8.55. The molecule has 0 saturated heterocycles. The third-order valence-electron chi connectivity index (χ3n) is 5.53. The van der Waals surface area contributed by atoms with Crippen LogP contribution in [0.1, 0.15) is 29.4 Å². The summed E-state index contributed by atoms with van der Waals surface area (Å²) in [6.07, 6.45) is 1.67. The molecule has 0 aliphatic carbocycles. The molecule has 0 amide bonds. The topological polar surface area (TPSA) is 64.0 Å². The van der Waals surface area contributed by atoms with Crippen molar-refractivity contribution >= 4 is 26.7 Å². The van der Waals surface area contributed by atoms with Crippen LogP contribution in [0.15, 0.2) is 71.6 Å². The summed E-state index contributed by atoms with van der Waals surface area (Å²) in [4.78, 5) is 5.10. The number of hydrogen-bond donors (Lipinski definition) is 1. The van der Waals surface area contributed by atoms with Gasteiger partial charge in [0.25, 0.3) is 10.0 Å². The lowest BCUT2D eigenvalue weighted by molar-refractivity contribution is 0.600. The van der Waals surface area contributed by atoms with Crippen molar-refractivity contribution in [2.75, 3.05) is 4.72 Å². The van der Waals surface area contributed by atoms with Gasteiger partial charge in [0.2, 0.25) is 0 Å². The molecule has 0 aliphatic heterocycles. The summed E-state index contributed by atoms with van der Waals surface area (Å²) >= 11 is 0. The van der Waals surface area contributed by atoms with Crippen LogP contribution in [0, 0.1) is 13.8 Å². The summed E-state index contributed by atoms with van der Waals surface area (Å²) in [5.74, 6) is 1.07. The van der Waals surface area contributed by atoms with Gasteiger partial charge in [-0.1, -0.05) is 36.4 Å². The number of anilines is 1. The second-order valence-electron chi connectivity index (χ2n) is 7.83. The summed E-state index contributed by atoms with van der Waals surface area (Å²) in [5, 5.41) is 0. The van der Waals surface area contributed by atoms with Crippen molar-refractivity contribution in [1.82, 2.24) is 9.55 Å². The first-order chi connectivity index (χ1) is 14.9. The first kappa shape index (κ1) is 21.1. The zero-order valence-corrected chi connectivity index (χ0v) is 18.9. The lowest BCUT2D eigenvalue weighted by Crippen LogP contribution is -2.14. The standard InChI is InChI=1S/C25H27N3O2S/c1-4-28-23-8-6-5-7-22(23)26-25(28)16-13-20-11-14-21(15-12-20)27-31(29,30)24-17-18(2)9-10-19(24)3/h5-12,14-15,17,27H,4,13,16H2,1-3H3. The number of aromatic nitrogens is 2. The number of para-hydroxylation sites is 2. The van der Waals surface area contributed by atoms with Gasteiger partial charge in [0.1, 0.15) is 5.82 Å². The molecule has 1 N–H and O–H groups in total. The minimum Gasteiger partial charge on any atom is -0.328 e. The van der Waals surface area contributed by atoms with E-state index < -0.39 is 10.0 Å². The normalized spacial score (nSPS) is 11.7. The Kier molecular flexibility index (Phi) is 5.83. The summed E-state index contributed by atoms with van der Waals surface area (Å²) in [5.41, 5.74) is 5.54. The number of aryl methyl sites for hydroxylation is 5. The number of nitrogens with zero attached hydrogens (tertiary/aromatic N) is 2. The van der Waals surface area contributed by atoms with E-state index in [1.54, 1.807) is 13.0 Å². The highest BCUT2D eigenvalue weighted by Crippen LogP contribution is 2.22. The molecule has 4 rings (SSSR count). The average Bonchev–Trinajstić information content (AvgIpc) is 3.12. The second-order valence-corrected chi connectivity index (χ2v) is 9.48. The van der Waals surface area contributed by atoms with Crippen molar-refractivity contribution in [2.24, 2.45) is 0 Å². The summed E-state index contributed by atoms with van der Waals surface area (Å²) in [7, 11) is -3.62. The van der Waals surface area contributed by atoms with Crippen LogP contribution in [-0.4, -0.2) is 18.0 Å². The van der Waals surface area contributed by atoms with Gasteiger partial charge < -0.3 is 4.57 Å². The maximum atomic E-state index is 12.8. The fourth-order valence-corrected chi connectivity index (χ4v) is 5.26. The van der Waals surface area contributed by atoms with Gasteiger partial charge in [0, 0.05) is 18.7 Å². The zero-order valence-electron chi connectivity index (χ0n) is 18.1. The van der Waals surface area contributed by atoms with E-state index in [-0.39, 0.29) is 0 Å². The SMILES string of the molecule is CCn1c(CCc2ccc(NS(=O)(=O)c3cc(C)ccc3C)cc2)nc2ccccc21. The molecule has 0 unspecified atom stereocenters. The van der Waals surface area contributed by atoms with Crippen LogP contribution in [0.5, 0.6) is 0 Å². The van der Waals surface area contributed by atoms with Gasteiger partial charge in [-0.25, -0.2) is 13.4 Å². The number of imidazole rings is 1. The fraction of sp³-hybridized carbons (Fsp3) is 0.240. The molecule has 1 aromatic heterocycles. The molecule has 160 valence electrons. The smallest absolute Gasteiger partial charge is 0.262 e. The van der Waals surface area contributed by atoms with Crippen LogP contribution in [0.4, 0.5) is 5.69 Å².